The van der Waals surface area contributed by atoms with Gasteiger partial charge in [0.15, 0.2) is 0 Å². The van der Waals surface area contributed by atoms with E-state index in [1.165, 1.54) is 6.20 Å². The van der Waals surface area contributed by atoms with Crippen LogP contribution in [0.5, 0.6) is 0 Å². The molecule has 20 heteroatoms. The molecule has 0 bridgehead atoms. The van der Waals surface area contributed by atoms with E-state index in [-0.39, 0.29) is 6.04 Å². The number of rotatable bonds is 7. The van der Waals surface area contributed by atoms with Crippen LogP contribution in [0.25, 0.3) is 61.4 Å². The molecule has 19 nitrogen and oxygen atoms in total. The van der Waals surface area contributed by atoms with Crippen molar-refractivity contribution in [3.63, 3.8) is 0 Å². The molecule has 60 heavy (non-hydrogen) atoms. The van der Waals surface area contributed by atoms with Crippen LogP contribution >= 0.6 is 0 Å². The maximum atomic E-state index is 11.7. The first-order valence-corrected chi connectivity index (χ1v) is 20.7. The van der Waals surface area contributed by atoms with Crippen LogP contribution in [-0.4, -0.2) is 80.9 Å². The molecule has 0 atom stereocenters. The van der Waals surface area contributed by atoms with Gasteiger partial charge in [0.1, 0.15) is 45.8 Å². The van der Waals surface area contributed by atoms with Crippen molar-refractivity contribution in [2.24, 2.45) is 5.73 Å². The summed E-state index contributed by atoms with van der Waals surface area (Å²) in [5.41, 5.74) is 14.9. The highest BCUT2D eigenvalue weighted by molar-refractivity contribution is 7.79. The van der Waals surface area contributed by atoms with E-state index < -0.39 is 16.3 Å². The molecule has 0 spiro atoms. The number of aryl methyl sites for hydroxylation is 2. The molecule has 2 aliphatic heterocycles. The number of fused-ring (bicyclic) bond motifs is 4. The fraction of sp³-hybridized carbons (Fsp3) is 0.300. The molecule has 8 aromatic rings. The minimum Gasteiger partial charge on any atom is -0.364 e. The highest BCUT2D eigenvalue weighted by Crippen LogP contribution is 2.37. The third kappa shape index (κ3) is 7.68. The zero-order chi connectivity index (χ0) is 42.5. The zero-order valence-corrected chi connectivity index (χ0v) is 34.1. The average Bonchev–Trinajstić information content (AvgIpc) is 4.05. The summed E-state index contributed by atoms with van der Waals surface area (Å²) in [6.45, 7) is 17.7. The molecule has 8 aromatic heterocycles. The Bertz CT molecular complexity index is 3050. The number of aromatic nitrogens is 12. The molecule has 10 rings (SSSR count). The van der Waals surface area contributed by atoms with E-state index >= 15 is 0 Å². The van der Waals surface area contributed by atoms with E-state index in [2.05, 4.69) is 57.7 Å². The van der Waals surface area contributed by atoms with Crippen molar-refractivity contribution in [3.8, 4) is 45.3 Å². The van der Waals surface area contributed by atoms with E-state index in [1.807, 2.05) is 68.9 Å². The summed E-state index contributed by atoms with van der Waals surface area (Å²) in [4.78, 5) is 33.7. The van der Waals surface area contributed by atoms with Crippen LogP contribution < -0.4 is 5.73 Å². The van der Waals surface area contributed by atoms with Gasteiger partial charge in [-0.05, 0) is 70.9 Å². The monoisotopic (exact) mass is 830 g/mol. The molecular formula is C40H42N14O5S. The van der Waals surface area contributed by atoms with Crippen molar-refractivity contribution in [1.82, 2.24) is 57.4 Å². The first-order valence-electron chi connectivity index (χ1n) is 19.3. The second kappa shape index (κ2) is 15.7. The molecule has 0 aliphatic carbocycles. The molecule has 0 aromatic carbocycles. The number of carbonyl (C=O) groups excluding carboxylic acids is 1. The fourth-order valence-corrected chi connectivity index (χ4v) is 7.59. The molecule has 0 fully saturated rings. The summed E-state index contributed by atoms with van der Waals surface area (Å²) in [6.07, 6.45) is 15.1. The van der Waals surface area contributed by atoms with Gasteiger partial charge in [0.05, 0.1) is 30.0 Å². The number of amides is 1. The van der Waals surface area contributed by atoms with E-state index in [0.29, 0.717) is 23.2 Å². The number of pyridine rings is 2. The predicted molar refractivity (Wildman–Crippen MR) is 222 cm³/mol. The van der Waals surface area contributed by atoms with Gasteiger partial charge >= 0.3 is 10.4 Å². The van der Waals surface area contributed by atoms with E-state index in [4.69, 9.17) is 50.0 Å². The lowest BCUT2D eigenvalue weighted by Crippen LogP contribution is -2.13. The Hall–Kier alpha value is -6.95. The van der Waals surface area contributed by atoms with Gasteiger partial charge in [0, 0.05) is 73.8 Å². The maximum absolute atomic E-state index is 11.7. The minimum absolute atomic E-state index is 0.284. The van der Waals surface area contributed by atoms with Crippen LogP contribution in [0.2, 0.25) is 0 Å². The van der Waals surface area contributed by atoms with Crippen molar-refractivity contribution in [1.29, 1.82) is 0 Å². The summed E-state index contributed by atoms with van der Waals surface area (Å²) in [5, 5.41) is 9.46. The summed E-state index contributed by atoms with van der Waals surface area (Å²) in [7, 11) is -4.67. The van der Waals surface area contributed by atoms with Gasteiger partial charge in [0.2, 0.25) is 5.65 Å². The lowest BCUT2D eigenvalue weighted by molar-refractivity contribution is 0.0994. The molecule has 308 valence electrons. The fourth-order valence-electron chi connectivity index (χ4n) is 7.59. The number of nitrogens with zero attached hydrogens (tertiary/aromatic N) is 13. The number of nitrogens with two attached hydrogens (primary N) is 1. The number of hydrogen-bond acceptors (Lipinski definition) is 9. The summed E-state index contributed by atoms with van der Waals surface area (Å²) in [5.74, 6) is 2.19. The molecule has 1 amide bonds. The van der Waals surface area contributed by atoms with Crippen molar-refractivity contribution in [2.75, 3.05) is 0 Å². The Balaban J connectivity index is 0.000000150. The lowest BCUT2D eigenvalue weighted by atomic mass is 10.1. The summed E-state index contributed by atoms with van der Waals surface area (Å²) < 4.78 is 43.6. The van der Waals surface area contributed by atoms with Gasteiger partial charge in [-0.3, -0.25) is 27.7 Å². The quantitative estimate of drug-likeness (QED) is 0.121. The zero-order valence-electron chi connectivity index (χ0n) is 33.2. The first kappa shape index (κ1) is 39.9. The predicted octanol–water partition coefficient (Wildman–Crippen LogP) is 6.17. The normalized spacial score (nSPS) is 13.3. The van der Waals surface area contributed by atoms with Crippen molar-refractivity contribution >= 4 is 33.4 Å². The molecule has 2 aliphatic rings. The Kier molecular flexibility index (Phi) is 10.4. The molecular weight excluding hydrogens is 789 g/mol. The van der Waals surface area contributed by atoms with Gasteiger partial charge in [-0.15, -0.1) is 0 Å². The second-order valence-corrected chi connectivity index (χ2v) is 15.9. The van der Waals surface area contributed by atoms with Crippen LogP contribution in [0.15, 0.2) is 73.6 Å². The van der Waals surface area contributed by atoms with Crippen LogP contribution in [-0.2, 0) is 36.3 Å². The first-order chi connectivity index (χ1) is 28.7. The number of carbonyl (C=O) groups is 1. The average molecular weight is 831 g/mol. The smallest absolute Gasteiger partial charge is 0.364 e. The van der Waals surface area contributed by atoms with Crippen molar-refractivity contribution in [3.05, 3.63) is 102 Å². The van der Waals surface area contributed by atoms with Gasteiger partial charge in [0.25, 0.3) is 11.7 Å². The Morgan fingerprint density at radius 1 is 0.750 bits per heavy atom. The van der Waals surface area contributed by atoms with Crippen LogP contribution in [0.1, 0.15) is 74.8 Å². The second-order valence-electron chi connectivity index (χ2n) is 15.0. The molecule has 0 saturated carbocycles. The molecule has 0 radical (unpaired) electrons. The largest absolute Gasteiger partial charge is 0.394 e. The van der Waals surface area contributed by atoms with Gasteiger partial charge in [-0.25, -0.2) is 24.3 Å². The Morgan fingerprint density at radius 3 is 1.67 bits per heavy atom. The summed E-state index contributed by atoms with van der Waals surface area (Å²) >= 11 is 0. The van der Waals surface area contributed by atoms with Crippen LogP contribution in [0.4, 0.5) is 5.82 Å². The third-order valence-corrected chi connectivity index (χ3v) is 10.3. The SMILES string of the molecule is CC(C)n1ccc(-c2nc3n(c2-c2ccc4ncc(C(N)=O)n4c2)CCC3)n1.O=S(=O)(O)O.[C-]#[N+]c1cnc2ccc(-c3c(-c4ccn(C(C)C)n4)nc4n3CCC4)cn12. The number of imidazole rings is 4. The molecule has 4 N–H and O–H groups in total. The van der Waals surface area contributed by atoms with Crippen molar-refractivity contribution in [2.45, 2.75) is 78.6 Å². The highest BCUT2D eigenvalue weighted by Gasteiger charge is 2.27. The topological polar surface area (TPSA) is 228 Å². The minimum atomic E-state index is -4.67. The van der Waals surface area contributed by atoms with Crippen molar-refractivity contribution < 1.29 is 22.3 Å². The third-order valence-electron chi connectivity index (χ3n) is 10.3. The number of hydrogen-bond donors (Lipinski definition) is 3. The molecule has 10 heterocycles. The van der Waals surface area contributed by atoms with E-state index in [0.717, 1.165) is 101 Å². The van der Waals surface area contributed by atoms with E-state index in [9.17, 15) is 4.79 Å². The maximum Gasteiger partial charge on any atom is 0.394 e. The summed E-state index contributed by atoms with van der Waals surface area (Å²) in [6, 6.07) is 12.5. The van der Waals surface area contributed by atoms with Gasteiger partial charge in [-0.2, -0.15) is 18.6 Å². The van der Waals surface area contributed by atoms with E-state index in [1.54, 1.807) is 10.6 Å². The standard InChI is InChI=1S/C20H21N7O.C20H19N7.H2O4S/c1-12(2)27-9-7-14(24-27)18-19(25-8-3-4-17(25)23-18)13-5-6-16-22-10-15(20(21)28)26(16)11-13;1-13(2)27-10-8-15(24-27)19-20(25-9-4-5-17(25)23-19)14-6-7-16-22-11-18(21-3)26(16)12-14;1-5(2,3)4/h5-7,9-12H,3-4,8H2,1-2H3,(H2,21,28);6-8,10-13H,4-5,9H2,1-2H3;(H2,1,2,3,4). The Morgan fingerprint density at radius 2 is 1.22 bits per heavy atom. The Labute approximate surface area is 344 Å². The van der Waals surface area contributed by atoms with Crippen LogP contribution in [0.3, 0.4) is 0 Å². The number of primary amides is 1. The highest BCUT2D eigenvalue weighted by atomic mass is 32.3. The lowest BCUT2D eigenvalue weighted by Gasteiger charge is -2.09. The van der Waals surface area contributed by atoms with Crippen LogP contribution in [0, 0.1) is 6.57 Å². The molecule has 0 unspecified atom stereocenters. The molecule has 0 saturated heterocycles. The van der Waals surface area contributed by atoms with Gasteiger partial charge < -0.3 is 19.7 Å². The van der Waals surface area contributed by atoms with Gasteiger partial charge in [-0.1, -0.05) is 6.57 Å².